The van der Waals surface area contributed by atoms with E-state index in [1.54, 1.807) is 0 Å². The molecule has 1 fully saturated rings. The van der Waals surface area contributed by atoms with Gasteiger partial charge in [-0.05, 0) is 31.7 Å². The zero-order valence-corrected chi connectivity index (χ0v) is 12.5. The standard InChI is InChI=1S/C13H20FN3O2S/c1-3-16-6-7-17(9-10(16)2)20(18,19)13-8-11(15)4-5-12(13)14/h4-5,8,10H,3,6-7,9,15H2,1-2H3. The molecule has 1 aromatic rings. The molecule has 1 saturated heterocycles. The smallest absolute Gasteiger partial charge is 0.246 e. The Morgan fingerprint density at radius 2 is 2.10 bits per heavy atom. The molecular weight excluding hydrogens is 281 g/mol. The van der Waals surface area contributed by atoms with E-state index >= 15 is 0 Å². The Bertz CT molecular complexity index is 591. The van der Waals surface area contributed by atoms with Crippen molar-refractivity contribution in [3.63, 3.8) is 0 Å². The first-order chi connectivity index (χ1) is 9.36. The molecule has 0 aliphatic carbocycles. The van der Waals surface area contributed by atoms with Crippen LogP contribution in [-0.2, 0) is 10.0 Å². The SMILES string of the molecule is CCN1CCN(S(=O)(=O)c2cc(N)ccc2F)CC1C. The fourth-order valence-corrected chi connectivity index (χ4v) is 4.12. The lowest BCUT2D eigenvalue weighted by Crippen LogP contribution is -2.53. The Balaban J connectivity index is 2.30. The maximum atomic E-state index is 13.8. The van der Waals surface area contributed by atoms with Crippen molar-refractivity contribution in [2.45, 2.75) is 24.8 Å². The number of nitrogen functional groups attached to an aromatic ring is 1. The Kier molecular flexibility index (Phi) is 4.31. The second kappa shape index (κ2) is 5.67. The number of nitrogens with zero attached hydrogens (tertiary/aromatic N) is 2. The zero-order chi connectivity index (χ0) is 14.9. The van der Waals surface area contributed by atoms with Crippen molar-refractivity contribution in [2.75, 3.05) is 31.9 Å². The van der Waals surface area contributed by atoms with E-state index < -0.39 is 15.8 Å². The van der Waals surface area contributed by atoms with Crippen LogP contribution in [0.2, 0.25) is 0 Å². The van der Waals surface area contributed by atoms with Crippen molar-refractivity contribution >= 4 is 15.7 Å². The molecule has 0 amide bonds. The van der Waals surface area contributed by atoms with Crippen molar-refractivity contribution in [1.29, 1.82) is 0 Å². The van der Waals surface area contributed by atoms with Crippen molar-refractivity contribution in [1.82, 2.24) is 9.21 Å². The number of hydrogen-bond acceptors (Lipinski definition) is 4. The Morgan fingerprint density at radius 3 is 2.70 bits per heavy atom. The minimum Gasteiger partial charge on any atom is -0.399 e. The molecule has 1 aromatic carbocycles. The van der Waals surface area contributed by atoms with Gasteiger partial charge in [0.15, 0.2) is 0 Å². The predicted molar refractivity (Wildman–Crippen MR) is 76.3 cm³/mol. The van der Waals surface area contributed by atoms with Gasteiger partial charge in [0.2, 0.25) is 10.0 Å². The van der Waals surface area contributed by atoms with E-state index in [9.17, 15) is 12.8 Å². The predicted octanol–water partition coefficient (Wildman–Crippen LogP) is 1.12. The van der Waals surface area contributed by atoms with Crippen LogP contribution in [0.15, 0.2) is 23.1 Å². The van der Waals surface area contributed by atoms with E-state index in [4.69, 9.17) is 5.73 Å². The highest BCUT2D eigenvalue weighted by molar-refractivity contribution is 7.89. The molecule has 0 radical (unpaired) electrons. The quantitative estimate of drug-likeness (QED) is 0.850. The van der Waals surface area contributed by atoms with Crippen LogP contribution in [0.4, 0.5) is 10.1 Å². The summed E-state index contributed by atoms with van der Waals surface area (Å²) in [5.74, 6) is -0.759. The molecule has 7 heteroatoms. The first kappa shape index (κ1) is 15.2. The molecule has 1 unspecified atom stereocenters. The summed E-state index contributed by atoms with van der Waals surface area (Å²) < 4.78 is 40.1. The van der Waals surface area contributed by atoms with E-state index in [1.807, 2.05) is 13.8 Å². The highest BCUT2D eigenvalue weighted by Crippen LogP contribution is 2.24. The largest absolute Gasteiger partial charge is 0.399 e. The number of hydrogen-bond donors (Lipinski definition) is 1. The summed E-state index contributed by atoms with van der Waals surface area (Å²) in [4.78, 5) is 1.86. The summed E-state index contributed by atoms with van der Waals surface area (Å²) in [5, 5.41) is 0. The van der Waals surface area contributed by atoms with Gasteiger partial charge in [0.25, 0.3) is 0 Å². The summed E-state index contributed by atoms with van der Waals surface area (Å²) >= 11 is 0. The third-order valence-electron chi connectivity index (χ3n) is 3.71. The van der Waals surface area contributed by atoms with Crippen molar-refractivity contribution in [2.24, 2.45) is 0 Å². The molecule has 5 nitrogen and oxygen atoms in total. The van der Waals surface area contributed by atoms with Crippen LogP contribution in [0.1, 0.15) is 13.8 Å². The van der Waals surface area contributed by atoms with Gasteiger partial charge < -0.3 is 5.73 Å². The van der Waals surface area contributed by atoms with Gasteiger partial charge in [-0.1, -0.05) is 6.92 Å². The van der Waals surface area contributed by atoms with E-state index in [0.29, 0.717) is 19.6 Å². The summed E-state index contributed by atoms with van der Waals surface area (Å²) in [6.07, 6.45) is 0. The lowest BCUT2D eigenvalue weighted by molar-refractivity contribution is 0.135. The molecule has 1 atom stereocenters. The summed E-state index contributed by atoms with van der Waals surface area (Å²) in [6.45, 7) is 6.28. The van der Waals surface area contributed by atoms with Gasteiger partial charge in [0.1, 0.15) is 10.7 Å². The van der Waals surface area contributed by atoms with E-state index in [0.717, 1.165) is 12.6 Å². The van der Waals surface area contributed by atoms with Gasteiger partial charge in [-0.3, -0.25) is 4.90 Å². The third kappa shape index (κ3) is 2.79. The molecule has 112 valence electrons. The molecule has 0 saturated carbocycles. The summed E-state index contributed by atoms with van der Waals surface area (Å²) in [7, 11) is -3.83. The average Bonchev–Trinajstić information content (AvgIpc) is 2.41. The van der Waals surface area contributed by atoms with Crippen molar-refractivity contribution in [3.05, 3.63) is 24.0 Å². The first-order valence-corrected chi connectivity index (χ1v) is 8.09. The monoisotopic (exact) mass is 301 g/mol. The number of anilines is 1. The molecule has 0 aromatic heterocycles. The van der Waals surface area contributed by atoms with Crippen molar-refractivity contribution < 1.29 is 12.8 Å². The van der Waals surface area contributed by atoms with Gasteiger partial charge in [-0.25, -0.2) is 12.8 Å². The molecule has 1 aliphatic rings. The van der Waals surface area contributed by atoms with Gasteiger partial charge in [0, 0.05) is 31.4 Å². The topological polar surface area (TPSA) is 66.6 Å². The molecule has 20 heavy (non-hydrogen) atoms. The Morgan fingerprint density at radius 1 is 1.40 bits per heavy atom. The lowest BCUT2D eigenvalue weighted by Gasteiger charge is -2.38. The van der Waals surface area contributed by atoms with Crippen LogP contribution in [0.25, 0.3) is 0 Å². The number of nitrogens with two attached hydrogens (primary N) is 1. The summed E-state index contributed by atoms with van der Waals surface area (Å²) in [6, 6.07) is 3.74. The van der Waals surface area contributed by atoms with Crippen molar-refractivity contribution in [3.8, 4) is 0 Å². The maximum Gasteiger partial charge on any atom is 0.246 e. The van der Waals surface area contributed by atoms with Gasteiger partial charge in [-0.15, -0.1) is 0 Å². The van der Waals surface area contributed by atoms with E-state index in [1.165, 1.54) is 16.4 Å². The molecule has 0 spiro atoms. The average molecular weight is 301 g/mol. The van der Waals surface area contributed by atoms with E-state index in [2.05, 4.69) is 4.90 Å². The highest BCUT2D eigenvalue weighted by Gasteiger charge is 2.33. The molecule has 0 bridgehead atoms. The molecule has 2 N–H and O–H groups in total. The maximum absolute atomic E-state index is 13.8. The lowest BCUT2D eigenvalue weighted by atomic mass is 10.2. The fourth-order valence-electron chi connectivity index (χ4n) is 2.51. The normalized spacial score (nSPS) is 22.1. The Hall–Kier alpha value is -1.18. The molecule has 2 rings (SSSR count). The number of sulfonamides is 1. The molecule has 1 heterocycles. The van der Waals surface area contributed by atoms with Gasteiger partial charge >= 0.3 is 0 Å². The Labute approximate surface area is 119 Å². The van der Waals surface area contributed by atoms with Crippen LogP contribution < -0.4 is 5.73 Å². The van der Waals surface area contributed by atoms with Crippen LogP contribution in [0, 0.1) is 5.82 Å². The van der Waals surface area contributed by atoms with Gasteiger partial charge in [0.05, 0.1) is 0 Å². The second-order valence-corrected chi connectivity index (χ2v) is 6.94. The third-order valence-corrected chi connectivity index (χ3v) is 5.59. The number of piperazine rings is 1. The van der Waals surface area contributed by atoms with Gasteiger partial charge in [-0.2, -0.15) is 4.31 Å². The molecular formula is C13H20FN3O2S. The van der Waals surface area contributed by atoms with Crippen LogP contribution in [0.5, 0.6) is 0 Å². The molecule has 1 aliphatic heterocycles. The first-order valence-electron chi connectivity index (χ1n) is 6.65. The number of benzene rings is 1. The minimum absolute atomic E-state index is 0.118. The number of rotatable bonds is 3. The van der Waals surface area contributed by atoms with Crippen LogP contribution in [-0.4, -0.2) is 49.8 Å². The van der Waals surface area contributed by atoms with Crippen LogP contribution >= 0.6 is 0 Å². The fraction of sp³-hybridized carbons (Fsp3) is 0.538. The number of halogens is 1. The van der Waals surface area contributed by atoms with Crippen LogP contribution in [0.3, 0.4) is 0 Å². The summed E-state index contributed by atoms with van der Waals surface area (Å²) in [5.41, 5.74) is 5.81. The number of likely N-dealkylation sites (N-methyl/N-ethyl adjacent to an activating group) is 1. The zero-order valence-electron chi connectivity index (χ0n) is 11.7. The second-order valence-electron chi connectivity index (χ2n) is 5.03. The van der Waals surface area contributed by atoms with E-state index in [-0.39, 0.29) is 16.6 Å². The highest BCUT2D eigenvalue weighted by atomic mass is 32.2. The minimum atomic E-state index is -3.83.